The Morgan fingerprint density at radius 2 is 2.20 bits per heavy atom. The van der Waals surface area contributed by atoms with Gasteiger partial charge >= 0.3 is 5.69 Å². The molecule has 0 unspecified atom stereocenters. The van der Waals surface area contributed by atoms with Crippen molar-refractivity contribution in [3.63, 3.8) is 0 Å². The SMILES string of the molecule is CCc1cccnc1CNc1nc(Cl)ccc1[N+](=O)[O-]. The van der Waals surface area contributed by atoms with Crippen molar-refractivity contribution < 1.29 is 4.92 Å². The van der Waals surface area contributed by atoms with E-state index in [1.807, 2.05) is 19.1 Å². The first-order valence-electron chi connectivity index (χ1n) is 6.09. The summed E-state index contributed by atoms with van der Waals surface area (Å²) in [4.78, 5) is 18.7. The summed E-state index contributed by atoms with van der Waals surface area (Å²) in [5.74, 6) is 0.148. The van der Waals surface area contributed by atoms with E-state index in [-0.39, 0.29) is 16.7 Å². The summed E-state index contributed by atoms with van der Waals surface area (Å²) in [7, 11) is 0. The van der Waals surface area contributed by atoms with Crippen molar-refractivity contribution >= 4 is 23.1 Å². The van der Waals surface area contributed by atoms with Crippen LogP contribution in [0.1, 0.15) is 18.2 Å². The molecular weight excluding hydrogens is 280 g/mol. The third-order valence-corrected chi connectivity index (χ3v) is 3.04. The first-order valence-corrected chi connectivity index (χ1v) is 6.47. The van der Waals surface area contributed by atoms with Crippen molar-refractivity contribution in [3.8, 4) is 0 Å². The van der Waals surface area contributed by atoms with Crippen LogP contribution in [0.4, 0.5) is 11.5 Å². The van der Waals surface area contributed by atoms with E-state index < -0.39 is 4.92 Å². The second-order valence-corrected chi connectivity index (χ2v) is 4.46. The predicted octanol–water partition coefficient (Wildman–Crippen LogP) is 3.21. The third kappa shape index (κ3) is 3.21. The topological polar surface area (TPSA) is 81.0 Å². The Morgan fingerprint density at radius 3 is 2.90 bits per heavy atom. The van der Waals surface area contributed by atoms with Crippen LogP contribution in [0.25, 0.3) is 0 Å². The van der Waals surface area contributed by atoms with Crippen molar-refractivity contribution in [3.05, 3.63) is 57.0 Å². The number of pyridine rings is 2. The highest BCUT2D eigenvalue weighted by atomic mass is 35.5. The molecule has 2 rings (SSSR count). The highest BCUT2D eigenvalue weighted by Gasteiger charge is 2.15. The maximum atomic E-state index is 10.9. The van der Waals surface area contributed by atoms with Crippen LogP contribution in [-0.2, 0) is 13.0 Å². The third-order valence-electron chi connectivity index (χ3n) is 2.83. The summed E-state index contributed by atoms with van der Waals surface area (Å²) >= 11 is 5.77. The molecule has 0 saturated heterocycles. The van der Waals surface area contributed by atoms with Crippen molar-refractivity contribution in [2.75, 3.05) is 5.32 Å². The van der Waals surface area contributed by atoms with Gasteiger partial charge in [0.05, 0.1) is 17.2 Å². The minimum atomic E-state index is -0.495. The summed E-state index contributed by atoms with van der Waals surface area (Å²) < 4.78 is 0. The van der Waals surface area contributed by atoms with Gasteiger partial charge < -0.3 is 5.32 Å². The molecule has 6 nitrogen and oxygen atoms in total. The number of hydrogen-bond donors (Lipinski definition) is 1. The van der Waals surface area contributed by atoms with Crippen LogP contribution >= 0.6 is 11.6 Å². The maximum absolute atomic E-state index is 10.9. The molecule has 0 fully saturated rings. The van der Waals surface area contributed by atoms with Crippen LogP contribution in [0.2, 0.25) is 5.15 Å². The van der Waals surface area contributed by atoms with Gasteiger partial charge in [0, 0.05) is 12.3 Å². The first-order chi connectivity index (χ1) is 9.61. The number of anilines is 1. The molecule has 0 aliphatic carbocycles. The van der Waals surface area contributed by atoms with Gasteiger partial charge in [0.15, 0.2) is 0 Å². The number of nitrogens with one attached hydrogen (secondary N) is 1. The molecule has 104 valence electrons. The first kappa shape index (κ1) is 14.2. The van der Waals surface area contributed by atoms with E-state index in [0.29, 0.717) is 6.54 Å². The van der Waals surface area contributed by atoms with Crippen LogP contribution in [0.15, 0.2) is 30.5 Å². The Labute approximate surface area is 121 Å². The van der Waals surface area contributed by atoms with Crippen LogP contribution in [0.5, 0.6) is 0 Å². The smallest absolute Gasteiger partial charge is 0.311 e. The molecule has 0 spiro atoms. The van der Waals surface area contributed by atoms with Gasteiger partial charge in [0.1, 0.15) is 5.15 Å². The number of hydrogen-bond acceptors (Lipinski definition) is 5. The quantitative estimate of drug-likeness (QED) is 0.520. The van der Waals surface area contributed by atoms with E-state index >= 15 is 0 Å². The zero-order valence-electron chi connectivity index (χ0n) is 10.8. The molecular formula is C13H13ClN4O2. The fraction of sp³-hybridized carbons (Fsp3) is 0.231. The van der Waals surface area contributed by atoms with E-state index in [1.165, 1.54) is 12.1 Å². The number of rotatable bonds is 5. The van der Waals surface area contributed by atoms with Gasteiger partial charge in [-0.05, 0) is 24.1 Å². The molecule has 0 aliphatic rings. The van der Waals surface area contributed by atoms with Gasteiger partial charge in [-0.15, -0.1) is 0 Å². The standard InChI is InChI=1S/C13H13ClN4O2/c1-2-9-4-3-7-15-10(9)8-16-13-11(18(19)20)5-6-12(14)17-13/h3-7H,2,8H2,1H3,(H,16,17). The van der Waals surface area contributed by atoms with Gasteiger partial charge in [0.25, 0.3) is 0 Å². The minimum absolute atomic E-state index is 0.108. The molecule has 2 heterocycles. The van der Waals surface area contributed by atoms with Crippen molar-refractivity contribution in [2.45, 2.75) is 19.9 Å². The second-order valence-electron chi connectivity index (χ2n) is 4.08. The normalized spacial score (nSPS) is 10.3. The van der Waals surface area contributed by atoms with Crippen molar-refractivity contribution in [2.24, 2.45) is 0 Å². The summed E-state index contributed by atoms with van der Waals surface area (Å²) in [5.41, 5.74) is 1.82. The molecule has 0 atom stereocenters. The Hall–Kier alpha value is -2.21. The highest BCUT2D eigenvalue weighted by Crippen LogP contribution is 2.24. The van der Waals surface area contributed by atoms with E-state index in [9.17, 15) is 10.1 Å². The molecule has 2 aromatic heterocycles. The van der Waals surface area contributed by atoms with Gasteiger partial charge in [-0.1, -0.05) is 24.6 Å². The lowest BCUT2D eigenvalue weighted by atomic mass is 10.1. The Balaban J connectivity index is 2.22. The fourth-order valence-electron chi connectivity index (χ4n) is 1.83. The van der Waals surface area contributed by atoms with Gasteiger partial charge in [-0.2, -0.15) is 0 Å². The molecule has 2 aromatic rings. The largest absolute Gasteiger partial charge is 0.359 e. The summed E-state index contributed by atoms with van der Waals surface area (Å²) in [5, 5.41) is 14.1. The Kier molecular flexibility index (Phi) is 4.47. The lowest BCUT2D eigenvalue weighted by molar-refractivity contribution is -0.384. The van der Waals surface area contributed by atoms with E-state index in [4.69, 9.17) is 11.6 Å². The molecule has 0 saturated carbocycles. The molecule has 0 aliphatic heterocycles. The van der Waals surface area contributed by atoms with Crippen molar-refractivity contribution in [1.82, 2.24) is 9.97 Å². The Bertz CT molecular complexity index is 634. The Morgan fingerprint density at radius 1 is 1.40 bits per heavy atom. The average Bonchev–Trinajstić information content (AvgIpc) is 2.45. The highest BCUT2D eigenvalue weighted by molar-refractivity contribution is 6.29. The molecule has 0 amide bonds. The number of aromatic nitrogens is 2. The monoisotopic (exact) mass is 292 g/mol. The van der Waals surface area contributed by atoms with Gasteiger partial charge in [-0.25, -0.2) is 4.98 Å². The molecule has 0 radical (unpaired) electrons. The zero-order valence-corrected chi connectivity index (χ0v) is 11.6. The number of aryl methyl sites for hydroxylation is 1. The minimum Gasteiger partial charge on any atom is -0.359 e. The number of halogens is 1. The predicted molar refractivity (Wildman–Crippen MR) is 76.8 cm³/mol. The molecule has 20 heavy (non-hydrogen) atoms. The summed E-state index contributed by atoms with van der Waals surface area (Å²) in [6, 6.07) is 6.56. The molecule has 0 bridgehead atoms. The van der Waals surface area contributed by atoms with Crippen LogP contribution in [0.3, 0.4) is 0 Å². The van der Waals surface area contributed by atoms with Crippen LogP contribution < -0.4 is 5.32 Å². The fourth-order valence-corrected chi connectivity index (χ4v) is 1.97. The maximum Gasteiger partial charge on any atom is 0.311 e. The lowest BCUT2D eigenvalue weighted by Gasteiger charge is -2.09. The van der Waals surface area contributed by atoms with Gasteiger partial charge in [-0.3, -0.25) is 15.1 Å². The summed E-state index contributed by atoms with van der Waals surface area (Å²) in [6.45, 7) is 2.39. The molecule has 1 N–H and O–H groups in total. The number of nitro groups is 1. The van der Waals surface area contributed by atoms with E-state index in [0.717, 1.165) is 17.7 Å². The average molecular weight is 293 g/mol. The van der Waals surface area contributed by atoms with E-state index in [2.05, 4.69) is 15.3 Å². The molecule has 0 aromatic carbocycles. The zero-order chi connectivity index (χ0) is 14.5. The second kappa shape index (κ2) is 6.29. The van der Waals surface area contributed by atoms with Gasteiger partial charge in [0.2, 0.25) is 5.82 Å². The van der Waals surface area contributed by atoms with Crippen molar-refractivity contribution in [1.29, 1.82) is 0 Å². The van der Waals surface area contributed by atoms with Crippen LogP contribution in [-0.4, -0.2) is 14.9 Å². The summed E-state index contributed by atoms with van der Waals surface area (Å²) in [6.07, 6.45) is 2.53. The van der Waals surface area contributed by atoms with E-state index in [1.54, 1.807) is 6.20 Å². The number of nitrogens with zero attached hydrogens (tertiary/aromatic N) is 3. The van der Waals surface area contributed by atoms with Crippen LogP contribution in [0, 0.1) is 10.1 Å². The lowest BCUT2D eigenvalue weighted by Crippen LogP contribution is -2.08. The molecule has 7 heteroatoms.